The van der Waals surface area contributed by atoms with Gasteiger partial charge in [0, 0.05) is 12.4 Å². The Balaban J connectivity index is 2.73. The van der Waals surface area contributed by atoms with Crippen molar-refractivity contribution < 1.29 is 0 Å². The zero-order chi connectivity index (χ0) is 10.6. The van der Waals surface area contributed by atoms with Crippen LogP contribution in [0, 0.1) is 5.41 Å². The molecule has 0 saturated carbocycles. The highest BCUT2D eigenvalue weighted by Crippen LogP contribution is 2.30. The van der Waals surface area contributed by atoms with Crippen LogP contribution in [-0.2, 0) is 0 Å². The molecule has 14 heavy (non-hydrogen) atoms. The molecule has 80 valence electrons. The highest BCUT2D eigenvalue weighted by Gasteiger charge is 2.27. The number of hydrogen-bond donors (Lipinski definition) is 2. The second kappa shape index (κ2) is 4.60. The fourth-order valence-corrected chi connectivity index (χ4v) is 1.54. The van der Waals surface area contributed by atoms with E-state index >= 15 is 0 Å². The Morgan fingerprint density at radius 3 is 2.64 bits per heavy atom. The average Bonchev–Trinajstić information content (AvgIpc) is 2.55. The summed E-state index contributed by atoms with van der Waals surface area (Å²) in [7, 11) is 0. The van der Waals surface area contributed by atoms with Crippen LogP contribution in [0.25, 0.3) is 0 Å². The van der Waals surface area contributed by atoms with Crippen molar-refractivity contribution in [3.05, 3.63) is 18.2 Å². The summed E-state index contributed by atoms with van der Waals surface area (Å²) >= 11 is 0. The molecule has 1 unspecified atom stereocenters. The molecule has 1 heterocycles. The van der Waals surface area contributed by atoms with Gasteiger partial charge in [-0.25, -0.2) is 4.98 Å². The minimum Gasteiger partial charge on any atom is -0.347 e. The van der Waals surface area contributed by atoms with E-state index in [1.54, 1.807) is 0 Å². The molecule has 0 saturated heterocycles. The Bertz CT molecular complexity index is 246. The van der Waals surface area contributed by atoms with Gasteiger partial charge in [-0.15, -0.1) is 0 Å². The number of H-pyrrole nitrogens is 1. The van der Waals surface area contributed by atoms with Crippen molar-refractivity contribution in [3.63, 3.8) is 0 Å². The number of aromatic nitrogens is 2. The van der Waals surface area contributed by atoms with Crippen LogP contribution in [0.15, 0.2) is 12.4 Å². The molecule has 0 aliphatic rings. The second-order valence-electron chi connectivity index (χ2n) is 4.73. The standard InChI is InChI=1S/C11H21N3/c1-5-6-12-9(11(2,3)4)10-13-7-8-14-10/h7-9,12H,5-6H2,1-4H3,(H,13,14). The first-order valence-electron chi connectivity index (χ1n) is 5.28. The molecule has 1 aromatic rings. The summed E-state index contributed by atoms with van der Waals surface area (Å²) < 4.78 is 0. The first kappa shape index (κ1) is 11.2. The van der Waals surface area contributed by atoms with E-state index in [4.69, 9.17) is 0 Å². The molecule has 3 nitrogen and oxygen atoms in total. The molecule has 0 fully saturated rings. The van der Waals surface area contributed by atoms with E-state index in [1.165, 1.54) is 0 Å². The van der Waals surface area contributed by atoms with Crippen LogP contribution in [0.5, 0.6) is 0 Å². The van der Waals surface area contributed by atoms with Crippen LogP contribution in [0.1, 0.15) is 46.0 Å². The molecule has 0 bridgehead atoms. The predicted molar refractivity (Wildman–Crippen MR) is 59.1 cm³/mol. The number of imidazole rings is 1. The lowest BCUT2D eigenvalue weighted by Gasteiger charge is -2.30. The molecule has 2 N–H and O–H groups in total. The number of nitrogens with zero attached hydrogens (tertiary/aromatic N) is 1. The van der Waals surface area contributed by atoms with Crippen molar-refractivity contribution >= 4 is 0 Å². The van der Waals surface area contributed by atoms with Crippen molar-refractivity contribution in [1.29, 1.82) is 0 Å². The molecule has 0 spiro atoms. The molecule has 0 aliphatic carbocycles. The monoisotopic (exact) mass is 195 g/mol. The molecule has 0 aliphatic heterocycles. The van der Waals surface area contributed by atoms with Crippen molar-refractivity contribution in [2.45, 2.75) is 40.2 Å². The zero-order valence-corrected chi connectivity index (χ0v) is 9.59. The number of rotatable bonds is 4. The summed E-state index contributed by atoms with van der Waals surface area (Å²) in [6, 6.07) is 0.303. The maximum atomic E-state index is 4.32. The molecule has 0 aromatic carbocycles. The number of nitrogens with one attached hydrogen (secondary N) is 2. The van der Waals surface area contributed by atoms with Gasteiger partial charge in [-0.2, -0.15) is 0 Å². The Morgan fingerprint density at radius 2 is 2.21 bits per heavy atom. The zero-order valence-electron chi connectivity index (χ0n) is 9.59. The largest absolute Gasteiger partial charge is 0.347 e. The van der Waals surface area contributed by atoms with Crippen LogP contribution in [0.2, 0.25) is 0 Å². The minimum absolute atomic E-state index is 0.188. The lowest BCUT2D eigenvalue weighted by Crippen LogP contribution is -2.33. The van der Waals surface area contributed by atoms with Gasteiger partial charge in [0.25, 0.3) is 0 Å². The highest BCUT2D eigenvalue weighted by molar-refractivity contribution is 5.00. The molecule has 1 aromatic heterocycles. The van der Waals surface area contributed by atoms with Gasteiger partial charge in [0.1, 0.15) is 5.82 Å². The molecular weight excluding hydrogens is 174 g/mol. The van der Waals surface area contributed by atoms with E-state index in [0.717, 1.165) is 18.8 Å². The van der Waals surface area contributed by atoms with Gasteiger partial charge in [0.2, 0.25) is 0 Å². The topological polar surface area (TPSA) is 40.7 Å². The Hall–Kier alpha value is -0.830. The molecule has 3 heteroatoms. The van der Waals surface area contributed by atoms with E-state index in [0.29, 0.717) is 6.04 Å². The van der Waals surface area contributed by atoms with Crippen molar-refractivity contribution in [1.82, 2.24) is 15.3 Å². The summed E-state index contributed by atoms with van der Waals surface area (Å²) in [6.45, 7) is 9.88. The van der Waals surface area contributed by atoms with E-state index in [2.05, 4.69) is 43.0 Å². The van der Waals surface area contributed by atoms with E-state index in [9.17, 15) is 0 Å². The van der Waals surface area contributed by atoms with Gasteiger partial charge >= 0.3 is 0 Å². The first-order chi connectivity index (χ1) is 6.55. The summed E-state index contributed by atoms with van der Waals surface area (Å²) in [5.74, 6) is 1.03. The number of aromatic amines is 1. The average molecular weight is 195 g/mol. The molecular formula is C11H21N3. The van der Waals surface area contributed by atoms with Gasteiger partial charge in [-0.3, -0.25) is 0 Å². The first-order valence-corrected chi connectivity index (χ1v) is 5.28. The fraction of sp³-hybridized carbons (Fsp3) is 0.727. The lowest BCUT2D eigenvalue weighted by atomic mass is 9.86. The van der Waals surface area contributed by atoms with Crippen LogP contribution in [0.3, 0.4) is 0 Å². The van der Waals surface area contributed by atoms with Crippen molar-refractivity contribution in [2.75, 3.05) is 6.54 Å². The normalized spacial score (nSPS) is 14.3. The summed E-state index contributed by atoms with van der Waals surface area (Å²) in [4.78, 5) is 7.50. The predicted octanol–water partition coefficient (Wildman–Crippen LogP) is 2.50. The van der Waals surface area contributed by atoms with Gasteiger partial charge < -0.3 is 10.3 Å². The smallest absolute Gasteiger partial charge is 0.123 e. The molecule has 0 radical (unpaired) electrons. The highest BCUT2D eigenvalue weighted by atomic mass is 15.0. The van der Waals surface area contributed by atoms with E-state index < -0.39 is 0 Å². The van der Waals surface area contributed by atoms with Crippen molar-refractivity contribution in [2.24, 2.45) is 5.41 Å². The summed E-state index contributed by atoms with van der Waals surface area (Å²) in [5, 5.41) is 3.52. The Morgan fingerprint density at radius 1 is 1.50 bits per heavy atom. The van der Waals surface area contributed by atoms with Crippen LogP contribution < -0.4 is 5.32 Å². The van der Waals surface area contributed by atoms with Gasteiger partial charge in [0.15, 0.2) is 0 Å². The molecule has 0 amide bonds. The van der Waals surface area contributed by atoms with E-state index in [1.807, 2.05) is 12.4 Å². The quantitative estimate of drug-likeness (QED) is 0.775. The van der Waals surface area contributed by atoms with Gasteiger partial charge in [-0.1, -0.05) is 27.7 Å². The van der Waals surface area contributed by atoms with Crippen LogP contribution >= 0.6 is 0 Å². The SMILES string of the molecule is CCCNC(c1ncc[nH]1)C(C)(C)C. The molecule has 1 atom stereocenters. The third kappa shape index (κ3) is 2.84. The van der Waals surface area contributed by atoms with Crippen molar-refractivity contribution in [3.8, 4) is 0 Å². The summed E-state index contributed by atoms with van der Waals surface area (Å²) in [5.41, 5.74) is 0.188. The maximum Gasteiger partial charge on any atom is 0.123 e. The Labute approximate surface area is 86.3 Å². The van der Waals surface area contributed by atoms with Gasteiger partial charge in [-0.05, 0) is 18.4 Å². The van der Waals surface area contributed by atoms with E-state index in [-0.39, 0.29) is 5.41 Å². The third-order valence-corrected chi connectivity index (χ3v) is 2.26. The molecule has 1 rings (SSSR count). The Kier molecular flexibility index (Phi) is 3.69. The third-order valence-electron chi connectivity index (χ3n) is 2.26. The van der Waals surface area contributed by atoms with Crippen LogP contribution in [-0.4, -0.2) is 16.5 Å². The maximum absolute atomic E-state index is 4.32. The second-order valence-corrected chi connectivity index (χ2v) is 4.73. The fourth-order valence-electron chi connectivity index (χ4n) is 1.54. The minimum atomic E-state index is 0.188. The number of hydrogen-bond acceptors (Lipinski definition) is 2. The van der Waals surface area contributed by atoms with Crippen LogP contribution in [0.4, 0.5) is 0 Å². The van der Waals surface area contributed by atoms with Gasteiger partial charge in [0.05, 0.1) is 6.04 Å². The summed E-state index contributed by atoms with van der Waals surface area (Å²) in [6.07, 6.45) is 4.83. The lowest BCUT2D eigenvalue weighted by molar-refractivity contribution is 0.263.